The molecule has 1 aliphatic carbocycles. The van der Waals surface area contributed by atoms with Gasteiger partial charge in [0.25, 0.3) is 0 Å². The molecule has 0 saturated heterocycles. The molecule has 0 radical (unpaired) electrons. The van der Waals surface area contributed by atoms with Crippen molar-refractivity contribution >= 4 is 5.91 Å². The molecule has 0 aromatic rings. The number of nitrogens with one attached hydrogen (secondary N) is 1. The molecular formula is C11H19NO3. The minimum Gasteiger partial charge on any atom is -0.389 e. The van der Waals surface area contributed by atoms with Gasteiger partial charge < -0.3 is 15.2 Å². The predicted molar refractivity (Wildman–Crippen MR) is 57.4 cm³/mol. The average Bonchev–Trinajstić information content (AvgIpc) is 2.27. The van der Waals surface area contributed by atoms with Gasteiger partial charge >= 0.3 is 0 Å². The molecule has 4 heteroatoms. The lowest BCUT2D eigenvalue weighted by Gasteiger charge is -2.18. The molecule has 0 spiro atoms. The summed E-state index contributed by atoms with van der Waals surface area (Å²) < 4.78 is 4.77. The van der Waals surface area contributed by atoms with Crippen LogP contribution in [0, 0.1) is 5.92 Å². The molecule has 0 saturated carbocycles. The lowest BCUT2D eigenvalue weighted by atomic mass is 9.94. The molecule has 4 nitrogen and oxygen atoms in total. The van der Waals surface area contributed by atoms with E-state index in [0.717, 1.165) is 19.3 Å². The van der Waals surface area contributed by atoms with E-state index >= 15 is 0 Å². The molecule has 15 heavy (non-hydrogen) atoms. The Morgan fingerprint density at radius 1 is 1.67 bits per heavy atom. The highest BCUT2D eigenvalue weighted by atomic mass is 16.5. The molecule has 0 aliphatic heterocycles. The second kappa shape index (κ2) is 6.58. The highest BCUT2D eigenvalue weighted by Gasteiger charge is 2.18. The monoisotopic (exact) mass is 213 g/mol. The summed E-state index contributed by atoms with van der Waals surface area (Å²) in [6.45, 7) is 0.526. The summed E-state index contributed by atoms with van der Waals surface area (Å²) >= 11 is 0. The summed E-state index contributed by atoms with van der Waals surface area (Å²) in [5, 5.41) is 12.1. The van der Waals surface area contributed by atoms with Crippen molar-refractivity contribution < 1.29 is 14.6 Å². The van der Waals surface area contributed by atoms with Crippen LogP contribution in [0.1, 0.15) is 19.3 Å². The van der Waals surface area contributed by atoms with Crippen LogP contribution < -0.4 is 5.32 Å². The number of ether oxygens (including phenoxy) is 1. The summed E-state index contributed by atoms with van der Waals surface area (Å²) in [6, 6.07) is 0. The molecule has 1 rings (SSSR count). The fourth-order valence-electron chi connectivity index (χ4n) is 1.65. The molecule has 0 bridgehead atoms. The molecule has 1 amide bonds. The Morgan fingerprint density at radius 3 is 3.07 bits per heavy atom. The molecule has 0 fully saturated rings. The third-order valence-corrected chi connectivity index (χ3v) is 2.51. The Labute approximate surface area is 90.3 Å². The number of aliphatic hydroxyl groups is 1. The highest BCUT2D eigenvalue weighted by Crippen LogP contribution is 2.17. The minimum atomic E-state index is -0.613. The van der Waals surface area contributed by atoms with Crippen LogP contribution in [0.2, 0.25) is 0 Å². The van der Waals surface area contributed by atoms with E-state index in [1.165, 1.54) is 7.11 Å². The molecule has 86 valence electrons. The maximum absolute atomic E-state index is 11.6. The Bertz CT molecular complexity index is 228. The van der Waals surface area contributed by atoms with Crippen LogP contribution in [0.3, 0.4) is 0 Å². The van der Waals surface area contributed by atoms with E-state index in [9.17, 15) is 9.90 Å². The molecular weight excluding hydrogens is 194 g/mol. The number of hydrogen-bond donors (Lipinski definition) is 2. The number of amides is 1. The highest BCUT2D eigenvalue weighted by molar-refractivity contribution is 5.78. The van der Waals surface area contributed by atoms with Crippen LogP contribution in [0.4, 0.5) is 0 Å². The van der Waals surface area contributed by atoms with Gasteiger partial charge in [-0.15, -0.1) is 0 Å². The van der Waals surface area contributed by atoms with Crippen molar-refractivity contribution in [2.75, 3.05) is 20.3 Å². The molecule has 0 aromatic carbocycles. The Kier molecular flexibility index (Phi) is 5.36. The molecule has 0 heterocycles. The second-order valence-electron chi connectivity index (χ2n) is 3.84. The van der Waals surface area contributed by atoms with E-state index in [1.54, 1.807) is 0 Å². The average molecular weight is 213 g/mol. The zero-order valence-corrected chi connectivity index (χ0v) is 9.11. The third kappa shape index (κ3) is 4.44. The Balaban J connectivity index is 2.20. The number of allylic oxidation sites excluding steroid dienone is 2. The molecule has 0 aromatic heterocycles. The number of rotatable bonds is 5. The van der Waals surface area contributed by atoms with E-state index < -0.39 is 6.10 Å². The van der Waals surface area contributed by atoms with Gasteiger partial charge in [0.2, 0.25) is 5.91 Å². The van der Waals surface area contributed by atoms with E-state index in [4.69, 9.17) is 4.74 Å². The summed E-state index contributed by atoms with van der Waals surface area (Å²) in [7, 11) is 1.52. The maximum atomic E-state index is 11.6. The van der Waals surface area contributed by atoms with Gasteiger partial charge in [-0.05, 0) is 19.3 Å². The van der Waals surface area contributed by atoms with Crippen LogP contribution >= 0.6 is 0 Å². The Morgan fingerprint density at radius 2 is 2.47 bits per heavy atom. The van der Waals surface area contributed by atoms with Crippen LogP contribution in [-0.2, 0) is 9.53 Å². The first-order valence-electron chi connectivity index (χ1n) is 5.33. The van der Waals surface area contributed by atoms with Gasteiger partial charge in [0.15, 0.2) is 0 Å². The number of carbonyl (C=O) groups is 1. The first-order valence-corrected chi connectivity index (χ1v) is 5.33. The molecule has 2 unspecified atom stereocenters. The number of methoxy groups -OCH3 is 1. The van der Waals surface area contributed by atoms with Crippen LogP contribution in [0.5, 0.6) is 0 Å². The Hall–Kier alpha value is -0.870. The lowest BCUT2D eigenvalue weighted by Crippen LogP contribution is -2.38. The van der Waals surface area contributed by atoms with Crippen LogP contribution in [0.25, 0.3) is 0 Å². The first kappa shape index (κ1) is 12.2. The minimum absolute atomic E-state index is 0.0366. The van der Waals surface area contributed by atoms with Crippen molar-refractivity contribution in [1.29, 1.82) is 0 Å². The quantitative estimate of drug-likeness (QED) is 0.652. The molecule has 2 N–H and O–H groups in total. The zero-order chi connectivity index (χ0) is 11.1. The van der Waals surface area contributed by atoms with Crippen molar-refractivity contribution in [1.82, 2.24) is 5.32 Å². The van der Waals surface area contributed by atoms with E-state index in [1.807, 2.05) is 6.08 Å². The van der Waals surface area contributed by atoms with E-state index in [2.05, 4.69) is 11.4 Å². The standard InChI is InChI=1S/C11H19NO3/c1-15-8-10(13)7-12-11(14)9-5-3-2-4-6-9/h2-3,9-10,13H,4-8H2,1H3,(H,12,14). The number of hydrogen-bond acceptors (Lipinski definition) is 3. The van der Waals surface area contributed by atoms with Crippen molar-refractivity contribution in [3.05, 3.63) is 12.2 Å². The predicted octanol–water partition coefficient (Wildman–Crippen LogP) is 0.466. The lowest BCUT2D eigenvalue weighted by molar-refractivity contribution is -0.125. The van der Waals surface area contributed by atoms with E-state index in [0.29, 0.717) is 0 Å². The van der Waals surface area contributed by atoms with Gasteiger partial charge in [-0.3, -0.25) is 4.79 Å². The van der Waals surface area contributed by atoms with Crippen LogP contribution in [-0.4, -0.2) is 37.4 Å². The van der Waals surface area contributed by atoms with E-state index in [-0.39, 0.29) is 25.0 Å². The van der Waals surface area contributed by atoms with Gasteiger partial charge in [-0.2, -0.15) is 0 Å². The molecule has 1 aliphatic rings. The second-order valence-corrected chi connectivity index (χ2v) is 3.84. The topological polar surface area (TPSA) is 58.6 Å². The van der Waals surface area contributed by atoms with Crippen LogP contribution in [0.15, 0.2) is 12.2 Å². The van der Waals surface area contributed by atoms with Gasteiger partial charge in [0.1, 0.15) is 0 Å². The van der Waals surface area contributed by atoms with Gasteiger partial charge in [-0.1, -0.05) is 12.2 Å². The first-order chi connectivity index (χ1) is 7.24. The number of aliphatic hydroxyl groups excluding tert-OH is 1. The smallest absolute Gasteiger partial charge is 0.223 e. The maximum Gasteiger partial charge on any atom is 0.223 e. The normalized spacial score (nSPS) is 22.4. The van der Waals surface area contributed by atoms with Gasteiger partial charge in [0, 0.05) is 19.6 Å². The summed E-state index contributed by atoms with van der Waals surface area (Å²) in [5.74, 6) is 0.110. The summed E-state index contributed by atoms with van der Waals surface area (Å²) in [6.07, 6.45) is 6.22. The van der Waals surface area contributed by atoms with Crippen molar-refractivity contribution in [3.8, 4) is 0 Å². The van der Waals surface area contributed by atoms with Gasteiger partial charge in [-0.25, -0.2) is 0 Å². The zero-order valence-electron chi connectivity index (χ0n) is 9.11. The summed E-state index contributed by atoms with van der Waals surface area (Å²) in [4.78, 5) is 11.6. The van der Waals surface area contributed by atoms with Crippen molar-refractivity contribution in [3.63, 3.8) is 0 Å². The third-order valence-electron chi connectivity index (χ3n) is 2.51. The fraction of sp³-hybridized carbons (Fsp3) is 0.727. The fourth-order valence-corrected chi connectivity index (χ4v) is 1.65. The largest absolute Gasteiger partial charge is 0.389 e. The van der Waals surface area contributed by atoms with Crippen molar-refractivity contribution in [2.24, 2.45) is 5.92 Å². The van der Waals surface area contributed by atoms with Gasteiger partial charge in [0.05, 0.1) is 12.7 Å². The SMILES string of the molecule is COCC(O)CNC(=O)C1CC=CCC1. The van der Waals surface area contributed by atoms with Crippen molar-refractivity contribution in [2.45, 2.75) is 25.4 Å². The molecule has 2 atom stereocenters. The number of carbonyl (C=O) groups excluding carboxylic acids is 1. The summed E-state index contributed by atoms with van der Waals surface area (Å²) in [5.41, 5.74) is 0.